The number of amidine groups is 1. The lowest BCUT2D eigenvalue weighted by molar-refractivity contribution is -0.116. The predicted molar refractivity (Wildman–Crippen MR) is 37.2 cm³/mol. The highest BCUT2D eigenvalue weighted by molar-refractivity contribution is 6.11. The summed E-state index contributed by atoms with van der Waals surface area (Å²) in [6.45, 7) is 0.697. The Bertz CT molecular complexity index is 259. The highest BCUT2D eigenvalue weighted by atomic mass is 16.2. The third kappa shape index (κ3) is 0.886. The monoisotopic (exact) mass is 153 g/mol. The number of hydrogen-bond donors (Lipinski definition) is 1. The molecule has 0 radical (unpaired) electrons. The molecule has 0 saturated carbocycles. The van der Waals surface area contributed by atoms with Crippen molar-refractivity contribution in [2.24, 2.45) is 4.99 Å². The van der Waals surface area contributed by atoms with Gasteiger partial charge in [0, 0.05) is 13.0 Å². The molecule has 58 valence electrons. The van der Waals surface area contributed by atoms with Gasteiger partial charge in [-0.2, -0.15) is 4.99 Å². The smallest absolute Gasteiger partial charge is 0.323 e. The van der Waals surface area contributed by atoms with Crippen molar-refractivity contribution in [2.75, 3.05) is 13.1 Å². The maximum atomic E-state index is 11.0. The van der Waals surface area contributed by atoms with Crippen molar-refractivity contribution in [3.05, 3.63) is 0 Å². The molecule has 1 saturated heterocycles. The van der Waals surface area contributed by atoms with Gasteiger partial charge in [0.1, 0.15) is 12.4 Å². The van der Waals surface area contributed by atoms with Gasteiger partial charge in [-0.3, -0.25) is 9.69 Å². The first-order chi connectivity index (χ1) is 5.27. The van der Waals surface area contributed by atoms with E-state index in [1.807, 2.05) is 0 Å². The number of nitrogens with zero attached hydrogens (tertiary/aromatic N) is 2. The van der Waals surface area contributed by atoms with Crippen molar-refractivity contribution >= 4 is 17.8 Å². The molecule has 0 aliphatic carbocycles. The van der Waals surface area contributed by atoms with Crippen LogP contribution in [0.5, 0.6) is 0 Å². The van der Waals surface area contributed by atoms with Crippen LogP contribution in [0.1, 0.15) is 6.42 Å². The van der Waals surface area contributed by atoms with Crippen LogP contribution in [0.2, 0.25) is 0 Å². The summed E-state index contributed by atoms with van der Waals surface area (Å²) in [6, 6.07) is -0.208. The molecule has 1 fully saturated rings. The van der Waals surface area contributed by atoms with Crippen LogP contribution in [0, 0.1) is 0 Å². The Kier molecular flexibility index (Phi) is 1.18. The van der Waals surface area contributed by atoms with Crippen LogP contribution in [0.3, 0.4) is 0 Å². The molecule has 5 heteroatoms. The van der Waals surface area contributed by atoms with Gasteiger partial charge < -0.3 is 5.32 Å². The third-order valence-electron chi connectivity index (χ3n) is 1.73. The van der Waals surface area contributed by atoms with Crippen molar-refractivity contribution in [3.63, 3.8) is 0 Å². The van der Waals surface area contributed by atoms with Gasteiger partial charge >= 0.3 is 6.03 Å². The fourth-order valence-electron chi connectivity index (χ4n) is 1.22. The zero-order valence-corrected chi connectivity index (χ0v) is 5.83. The molecular weight excluding hydrogens is 146 g/mol. The van der Waals surface area contributed by atoms with Crippen LogP contribution in [0.25, 0.3) is 0 Å². The number of hydrogen-bond acceptors (Lipinski definition) is 2. The average molecular weight is 153 g/mol. The van der Waals surface area contributed by atoms with Gasteiger partial charge in [0.25, 0.3) is 5.91 Å². The summed E-state index contributed by atoms with van der Waals surface area (Å²) in [6.07, 6.45) is 0.664. The Balaban J connectivity index is 2.27. The number of aliphatic imine (C=N–C) groups is 1. The molecule has 5 nitrogen and oxygen atoms in total. The summed E-state index contributed by atoms with van der Waals surface area (Å²) in [5, 5.41) is 2.63. The first-order valence-corrected chi connectivity index (χ1v) is 3.43. The Morgan fingerprint density at radius 1 is 1.45 bits per heavy atom. The topological polar surface area (TPSA) is 61.8 Å². The second-order valence-electron chi connectivity index (χ2n) is 2.49. The van der Waals surface area contributed by atoms with E-state index in [9.17, 15) is 9.59 Å². The molecule has 0 spiro atoms. The average Bonchev–Trinajstić information content (AvgIpc) is 2.31. The molecule has 0 aromatic heterocycles. The summed E-state index contributed by atoms with van der Waals surface area (Å²) in [5.74, 6) is 0.385. The lowest BCUT2D eigenvalue weighted by Crippen LogP contribution is -2.48. The Morgan fingerprint density at radius 3 is 3.00 bits per heavy atom. The lowest BCUT2D eigenvalue weighted by Gasteiger charge is -2.22. The molecule has 3 amide bonds. The normalized spacial score (nSPS) is 22.9. The lowest BCUT2D eigenvalue weighted by atomic mass is 10.3. The fourth-order valence-corrected chi connectivity index (χ4v) is 1.22. The minimum absolute atomic E-state index is 0.112. The second-order valence-corrected chi connectivity index (χ2v) is 2.49. The minimum Gasteiger partial charge on any atom is -0.337 e. The number of carbonyl (C=O) groups is 2. The van der Waals surface area contributed by atoms with Crippen molar-refractivity contribution < 1.29 is 9.59 Å². The van der Waals surface area contributed by atoms with Crippen LogP contribution >= 0.6 is 0 Å². The quantitative estimate of drug-likeness (QED) is 0.502. The number of carbonyl (C=O) groups excluding carboxylic acids is 2. The first-order valence-electron chi connectivity index (χ1n) is 3.43. The largest absolute Gasteiger partial charge is 0.337 e. The van der Waals surface area contributed by atoms with E-state index in [0.29, 0.717) is 18.8 Å². The van der Waals surface area contributed by atoms with Crippen LogP contribution in [-0.4, -0.2) is 35.8 Å². The van der Waals surface area contributed by atoms with Crippen molar-refractivity contribution in [1.82, 2.24) is 10.2 Å². The fraction of sp³-hybridized carbons (Fsp3) is 0.500. The molecule has 2 aliphatic rings. The third-order valence-corrected chi connectivity index (χ3v) is 1.73. The molecule has 1 N–H and O–H groups in total. The number of amides is 3. The predicted octanol–water partition coefficient (Wildman–Crippen LogP) is -0.660. The standard InChI is InChI=1S/C6H7N3O2/c10-5-3-9-4(8-5)1-2-7-6(9)11/h1-3H2,(H,7,11). The highest BCUT2D eigenvalue weighted by Gasteiger charge is 2.30. The van der Waals surface area contributed by atoms with Crippen LogP contribution in [0.15, 0.2) is 4.99 Å². The summed E-state index contributed by atoms with van der Waals surface area (Å²) < 4.78 is 0. The zero-order valence-electron chi connectivity index (χ0n) is 5.83. The minimum atomic E-state index is -0.225. The Morgan fingerprint density at radius 2 is 2.27 bits per heavy atom. The number of nitrogens with one attached hydrogen (secondary N) is 1. The zero-order chi connectivity index (χ0) is 7.84. The summed E-state index contributed by atoms with van der Waals surface area (Å²) >= 11 is 0. The van der Waals surface area contributed by atoms with Gasteiger partial charge in [-0.05, 0) is 0 Å². The maximum absolute atomic E-state index is 11.0. The van der Waals surface area contributed by atoms with Crippen molar-refractivity contribution in [1.29, 1.82) is 0 Å². The molecule has 2 heterocycles. The number of fused-ring (bicyclic) bond motifs is 1. The van der Waals surface area contributed by atoms with Crippen LogP contribution in [-0.2, 0) is 4.79 Å². The maximum Gasteiger partial charge on any atom is 0.323 e. The van der Waals surface area contributed by atoms with E-state index in [4.69, 9.17) is 0 Å². The van der Waals surface area contributed by atoms with Gasteiger partial charge in [-0.15, -0.1) is 0 Å². The van der Waals surface area contributed by atoms with E-state index in [0.717, 1.165) is 0 Å². The van der Waals surface area contributed by atoms with E-state index >= 15 is 0 Å². The Labute approximate surface area is 63.1 Å². The molecule has 0 unspecified atom stereocenters. The van der Waals surface area contributed by atoms with E-state index in [-0.39, 0.29) is 18.5 Å². The van der Waals surface area contributed by atoms with Gasteiger partial charge in [0.2, 0.25) is 0 Å². The van der Waals surface area contributed by atoms with E-state index in [1.54, 1.807) is 0 Å². The SMILES string of the molecule is O=C1CN2C(=O)NCCC2=N1. The molecule has 2 rings (SSSR count). The molecular formula is C6H7N3O2. The van der Waals surface area contributed by atoms with Crippen molar-refractivity contribution in [3.8, 4) is 0 Å². The molecule has 11 heavy (non-hydrogen) atoms. The van der Waals surface area contributed by atoms with Crippen LogP contribution in [0.4, 0.5) is 4.79 Å². The Hall–Kier alpha value is -1.39. The number of urea groups is 1. The van der Waals surface area contributed by atoms with Crippen LogP contribution < -0.4 is 5.32 Å². The van der Waals surface area contributed by atoms with Gasteiger partial charge in [0.15, 0.2) is 0 Å². The van der Waals surface area contributed by atoms with Gasteiger partial charge in [-0.1, -0.05) is 0 Å². The molecule has 0 aromatic rings. The highest BCUT2D eigenvalue weighted by Crippen LogP contribution is 2.09. The molecule has 0 aromatic carbocycles. The van der Waals surface area contributed by atoms with Crippen molar-refractivity contribution in [2.45, 2.75) is 6.42 Å². The summed E-state index contributed by atoms with van der Waals surface area (Å²) in [5.41, 5.74) is 0. The van der Waals surface area contributed by atoms with E-state index in [2.05, 4.69) is 10.3 Å². The van der Waals surface area contributed by atoms with Gasteiger partial charge in [-0.25, -0.2) is 4.79 Å². The summed E-state index contributed by atoms with van der Waals surface area (Å²) in [7, 11) is 0. The van der Waals surface area contributed by atoms with E-state index < -0.39 is 0 Å². The molecule has 0 bridgehead atoms. The van der Waals surface area contributed by atoms with E-state index in [1.165, 1.54) is 4.90 Å². The second kappa shape index (κ2) is 2.05. The van der Waals surface area contributed by atoms with Gasteiger partial charge in [0.05, 0.1) is 0 Å². The summed E-state index contributed by atoms with van der Waals surface area (Å²) in [4.78, 5) is 26.8. The first kappa shape index (κ1) is 6.33. The molecule has 2 aliphatic heterocycles. The number of rotatable bonds is 0. The molecule has 0 atom stereocenters.